The molecule has 1 unspecified atom stereocenters. The summed E-state index contributed by atoms with van der Waals surface area (Å²) in [5.41, 5.74) is 6.02. The van der Waals surface area contributed by atoms with Crippen molar-refractivity contribution in [3.05, 3.63) is 58.1 Å². The number of rotatable bonds is 10. The SMILES string of the molecule is Nc1ccc(OC(=O)CCCO[N+](=O)[O-])c(C(=O)Oc2ccc(P(=S)(S)N3CCOCC3)cc2)c1. The molecule has 1 saturated heterocycles. The Morgan fingerprint density at radius 1 is 1.17 bits per heavy atom. The van der Waals surface area contributed by atoms with Crippen molar-refractivity contribution in [1.29, 1.82) is 0 Å². The zero-order valence-electron chi connectivity index (χ0n) is 18.5. The summed E-state index contributed by atoms with van der Waals surface area (Å²) < 4.78 is 18.2. The molecule has 188 valence electrons. The van der Waals surface area contributed by atoms with E-state index in [4.69, 9.17) is 44.0 Å². The number of nitrogens with zero attached hydrogens (tertiary/aromatic N) is 2. The summed E-state index contributed by atoms with van der Waals surface area (Å²) in [6.45, 7) is 2.37. The second-order valence-electron chi connectivity index (χ2n) is 7.38. The van der Waals surface area contributed by atoms with Gasteiger partial charge in [0.15, 0.2) is 0 Å². The molecule has 0 bridgehead atoms. The van der Waals surface area contributed by atoms with Gasteiger partial charge in [-0.1, -0.05) is 11.8 Å². The number of benzene rings is 2. The van der Waals surface area contributed by atoms with E-state index in [1.165, 1.54) is 18.2 Å². The van der Waals surface area contributed by atoms with Crippen molar-refractivity contribution in [2.45, 2.75) is 12.8 Å². The zero-order chi connectivity index (χ0) is 25.4. The highest BCUT2D eigenvalue weighted by atomic mass is 32.9. The van der Waals surface area contributed by atoms with Crippen LogP contribution in [0, 0.1) is 10.1 Å². The summed E-state index contributed by atoms with van der Waals surface area (Å²) >= 11 is 10.6. The van der Waals surface area contributed by atoms with E-state index < -0.39 is 22.4 Å². The summed E-state index contributed by atoms with van der Waals surface area (Å²) in [4.78, 5) is 39.2. The molecule has 1 atom stereocenters. The van der Waals surface area contributed by atoms with Gasteiger partial charge in [-0.2, -0.15) is 0 Å². The molecule has 1 fully saturated rings. The van der Waals surface area contributed by atoms with Gasteiger partial charge in [0.1, 0.15) is 17.1 Å². The largest absolute Gasteiger partial charge is 0.426 e. The summed E-state index contributed by atoms with van der Waals surface area (Å²) in [5, 5.41) is 7.82. The van der Waals surface area contributed by atoms with Crippen LogP contribution in [0.3, 0.4) is 0 Å². The third-order valence-corrected chi connectivity index (χ3v) is 9.84. The molecule has 35 heavy (non-hydrogen) atoms. The van der Waals surface area contributed by atoms with Crippen LogP contribution in [0.2, 0.25) is 0 Å². The number of ether oxygens (including phenoxy) is 3. The van der Waals surface area contributed by atoms with Crippen molar-refractivity contribution in [2.24, 2.45) is 0 Å². The van der Waals surface area contributed by atoms with Gasteiger partial charge in [0.25, 0.3) is 5.09 Å². The lowest BCUT2D eigenvalue weighted by molar-refractivity contribution is -0.757. The van der Waals surface area contributed by atoms with E-state index in [0.29, 0.717) is 26.3 Å². The molecule has 0 aliphatic carbocycles. The van der Waals surface area contributed by atoms with Crippen LogP contribution in [0.5, 0.6) is 11.5 Å². The maximum Gasteiger partial charge on any atom is 0.347 e. The highest BCUT2D eigenvalue weighted by Crippen LogP contribution is 2.53. The third kappa shape index (κ3) is 7.64. The van der Waals surface area contributed by atoms with Crippen molar-refractivity contribution < 1.29 is 33.7 Å². The number of carbonyl (C=O) groups is 2. The summed E-state index contributed by atoms with van der Waals surface area (Å²) in [5.74, 6) is -1.24. The number of hydrogen-bond donors (Lipinski definition) is 2. The van der Waals surface area contributed by atoms with Crippen LogP contribution in [0.4, 0.5) is 5.69 Å². The summed E-state index contributed by atoms with van der Waals surface area (Å²) in [6.07, 6.45) is -0.0729. The quantitative estimate of drug-likeness (QED) is 0.0669. The Balaban J connectivity index is 1.66. The number of esters is 2. The van der Waals surface area contributed by atoms with Crippen LogP contribution in [-0.2, 0) is 26.2 Å². The molecule has 0 amide bonds. The highest BCUT2D eigenvalue weighted by molar-refractivity contribution is 8.65. The molecule has 2 N–H and O–H groups in total. The molecule has 2 aromatic carbocycles. The van der Waals surface area contributed by atoms with Gasteiger partial charge >= 0.3 is 11.9 Å². The Morgan fingerprint density at radius 3 is 2.51 bits per heavy atom. The van der Waals surface area contributed by atoms with Crippen LogP contribution in [0.25, 0.3) is 0 Å². The minimum absolute atomic E-state index is 0.0424. The Morgan fingerprint density at radius 2 is 1.86 bits per heavy atom. The second kappa shape index (κ2) is 12.3. The fourth-order valence-electron chi connectivity index (χ4n) is 3.18. The van der Waals surface area contributed by atoms with Gasteiger partial charge in [-0.25, -0.2) is 4.79 Å². The molecule has 11 nitrogen and oxygen atoms in total. The van der Waals surface area contributed by atoms with Crippen molar-refractivity contribution in [3.63, 3.8) is 0 Å². The van der Waals surface area contributed by atoms with Gasteiger partial charge in [0.05, 0.1) is 25.2 Å². The molecule has 0 saturated carbocycles. The second-order valence-corrected chi connectivity index (χ2v) is 13.7. The van der Waals surface area contributed by atoms with E-state index in [9.17, 15) is 19.7 Å². The Hall–Kier alpha value is -2.70. The van der Waals surface area contributed by atoms with Crippen LogP contribution >= 0.6 is 17.6 Å². The Labute approximate surface area is 211 Å². The van der Waals surface area contributed by atoms with Crippen LogP contribution in [0.1, 0.15) is 23.2 Å². The van der Waals surface area contributed by atoms with Gasteiger partial charge < -0.3 is 24.8 Å². The molecule has 2 aromatic rings. The number of anilines is 1. The molecule has 3 rings (SSSR count). The van der Waals surface area contributed by atoms with Gasteiger partial charge in [0.2, 0.25) is 0 Å². The topological polar surface area (TPSA) is 143 Å². The maximum absolute atomic E-state index is 12.8. The lowest BCUT2D eigenvalue weighted by Crippen LogP contribution is -2.35. The Bertz CT molecular complexity index is 1130. The molecule has 14 heteroatoms. The van der Waals surface area contributed by atoms with E-state index in [-0.39, 0.29) is 42.2 Å². The summed E-state index contributed by atoms with van der Waals surface area (Å²) in [7, 11) is 0. The van der Waals surface area contributed by atoms with Gasteiger partial charge in [-0.15, -0.1) is 22.4 Å². The van der Waals surface area contributed by atoms with Crippen LogP contribution in [0.15, 0.2) is 42.5 Å². The molecule has 1 aliphatic heterocycles. The number of thiol groups is 1. The fraction of sp³-hybridized carbons (Fsp3) is 0.333. The molecule has 0 spiro atoms. The van der Waals surface area contributed by atoms with Gasteiger partial charge in [0, 0.05) is 30.5 Å². The predicted molar refractivity (Wildman–Crippen MR) is 135 cm³/mol. The molecule has 0 aromatic heterocycles. The van der Waals surface area contributed by atoms with E-state index in [1.807, 2.05) is 0 Å². The molecule has 0 radical (unpaired) electrons. The average molecular weight is 542 g/mol. The predicted octanol–water partition coefficient (Wildman–Crippen LogP) is 2.58. The first-order valence-electron chi connectivity index (χ1n) is 10.5. The third-order valence-electron chi connectivity index (χ3n) is 4.92. The monoisotopic (exact) mass is 541 g/mol. The van der Waals surface area contributed by atoms with Crippen molar-refractivity contribution in [3.8, 4) is 11.5 Å². The van der Waals surface area contributed by atoms with Crippen molar-refractivity contribution >= 4 is 52.4 Å². The highest BCUT2D eigenvalue weighted by Gasteiger charge is 2.26. The van der Waals surface area contributed by atoms with Crippen molar-refractivity contribution in [1.82, 2.24) is 4.67 Å². The van der Waals surface area contributed by atoms with E-state index in [2.05, 4.69) is 9.51 Å². The van der Waals surface area contributed by atoms with E-state index >= 15 is 0 Å². The van der Waals surface area contributed by atoms with Crippen LogP contribution < -0.4 is 20.5 Å². The molecular weight excluding hydrogens is 517 g/mol. The van der Waals surface area contributed by atoms with E-state index in [1.54, 1.807) is 24.3 Å². The Kier molecular flexibility index (Phi) is 9.47. The molecule has 1 aliphatic rings. The van der Waals surface area contributed by atoms with Gasteiger partial charge in [-0.3, -0.25) is 9.46 Å². The van der Waals surface area contributed by atoms with Gasteiger partial charge in [-0.05, 0) is 48.9 Å². The number of nitrogens with two attached hydrogens (primary N) is 1. The lowest BCUT2D eigenvalue weighted by atomic mass is 10.1. The minimum Gasteiger partial charge on any atom is -0.426 e. The first kappa shape index (κ1) is 26.9. The molecular formula is C21H24N3O8PS2. The zero-order valence-corrected chi connectivity index (χ0v) is 21.1. The minimum atomic E-state index is -2.26. The van der Waals surface area contributed by atoms with Crippen LogP contribution in [-0.4, -0.2) is 54.6 Å². The average Bonchev–Trinajstić information content (AvgIpc) is 2.83. The first-order chi connectivity index (χ1) is 16.7. The smallest absolute Gasteiger partial charge is 0.347 e. The number of hydrogen-bond acceptors (Lipinski definition) is 10. The number of morpholine rings is 1. The fourth-order valence-corrected chi connectivity index (χ4v) is 6.55. The molecule has 1 heterocycles. The number of carbonyl (C=O) groups excluding carboxylic acids is 2. The standard InChI is InChI=1S/C21H24N3O8PS2/c22-15-3-8-19(32-20(25)2-1-11-30-24(27)28)18(14-15)21(26)31-16-4-6-17(7-5-16)33(34,35)23-9-12-29-13-10-23/h3-8,14H,1-2,9-13,22H2,(H,34,35). The normalized spacial score (nSPS) is 15.6. The first-order valence-corrected chi connectivity index (χ1v) is 14.4. The maximum atomic E-state index is 12.8. The van der Waals surface area contributed by atoms with E-state index in [0.717, 1.165) is 5.30 Å². The summed E-state index contributed by atoms with van der Waals surface area (Å²) in [6, 6.07) is 11.0. The number of nitrogen functional groups attached to an aromatic ring is 1. The lowest BCUT2D eigenvalue weighted by Gasteiger charge is -2.34. The van der Waals surface area contributed by atoms with Crippen molar-refractivity contribution in [2.75, 3.05) is 38.6 Å².